The summed E-state index contributed by atoms with van der Waals surface area (Å²) in [5.74, 6) is 0. The van der Waals surface area contributed by atoms with Gasteiger partial charge < -0.3 is 5.11 Å². The molecule has 0 spiro atoms. The number of halogens is 9. The monoisotopic (exact) mass is 250 g/mol. The maximum Gasteiger partial charge on any atom is 0.426 e. The third-order valence-corrected chi connectivity index (χ3v) is 1.39. The Morgan fingerprint density at radius 2 is 0.933 bits per heavy atom. The lowest BCUT2D eigenvalue weighted by Gasteiger charge is -2.32. The summed E-state index contributed by atoms with van der Waals surface area (Å²) in [5.41, 5.74) is -5.77. The van der Waals surface area contributed by atoms with E-state index in [1.54, 1.807) is 0 Å². The lowest BCUT2D eigenvalue weighted by atomic mass is 9.98. The van der Waals surface area contributed by atoms with Crippen LogP contribution in [0.15, 0.2) is 0 Å². The van der Waals surface area contributed by atoms with Crippen molar-refractivity contribution < 1.29 is 44.6 Å². The second-order valence-corrected chi connectivity index (χ2v) is 2.65. The van der Waals surface area contributed by atoms with E-state index in [-0.39, 0.29) is 0 Å². The molecule has 0 amide bonds. The lowest BCUT2D eigenvalue weighted by Crippen LogP contribution is -2.58. The Labute approximate surface area is 76.5 Å². The largest absolute Gasteiger partial charge is 0.426 e. The quantitative estimate of drug-likeness (QED) is 0.709. The molecule has 1 N–H and O–H groups in total. The third-order valence-electron chi connectivity index (χ3n) is 1.39. The molecular formula is C5H3F9O. The predicted molar refractivity (Wildman–Crippen MR) is 27.7 cm³/mol. The van der Waals surface area contributed by atoms with Crippen LogP contribution in [0.1, 0.15) is 6.42 Å². The van der Waals surface area contributed by atoms with Gasteiger partial charge in [0.1, 0.15) is 0 Å². The molecule has 0 aliphatic carbocycles. The molecule has 0 aromatic heterocycles. The van der Waals surface area contributed by atoms with Crippen LogP contribution in [-0.2, 0) is 0 Å². The molecule has 0 radical (unpaired) electrons. The summed E-state index contributed by atoms with van der Waals surface area (Å²) in [6.45, 7) is 0. The average Bonchev–Trinajstić information content (AvgIpc) is 1.77. The molecular weight excluding hydrogens is 247 g/mol. The maximum absolute atomic E-state index is 11.7. The molecule has 0 unspecified atom stereocenters. The van der Waals surface area contributed by atoms with Crippen LogP contribution in [0.25, 0.3) is 0 Å². The van der Waals surface area contributed by atoms with Crippen LogP contribution in [0.5, 0.6) is 0 Å². The van der Waals surface area contributed by atoms with E-state index in [4.69, 9.17) is 5.11 Å². The molecule has 0 aromatic carbocycles. The number of aliphatic hydroxyl groups is 1. The second-order valence-electron chi connectivity index (χ2n) is 2.65. The van der Waals surface area contributed by atoms with Crippen LogP contribution in [0.4, 0.5) is 39.5 Å². The fourth-order valence-electron chi connectivity index (χ4n) is 0.651. The summed E-state index contributed by atoms with van der Waals surface area (Å²) in [6, 6.07) is 0. The normalized spacial score (nSPS) is 15.6. The number of hydrogen-bond acceptors (Lipinski definition) is 1. The predicted octanol–water partition coefficient (Wildman–Crippen LogP) is 2.79. The molecule has 0 heterocycles. The smallest absolute Gasteiger partial charge is 0.373 e. The summed E-state index contributed by atoms with van der Waals surface area (Å²) < 4.78 is 104. The summed E-state index contributed by atoms with van der Waals surface area (Å²) in [6.07, 6.45) is -22.1. The molecule has 0 bridgehead atoms. The highest BCUT2D eigenvalue weighted by atomic mass is 19.4. The summed E-state index contributed by atoms with van der Waals surface area (Å²) >= 11 is 0. The van der Waals surface area contributed by atoms with Gasteiger partial charge in [0.05, 0.1) is 6.42 Å². The number of hydrogen-bond donors (Lipinski definition) is 1. The zero-order valence-corrected chi connectivity index (χ0v) is 6.56. The molecule has 0 aliphatic rings. The first-order valence-electron chi connectivity index (χ1n) is 3.13. The first-order chi connectivity index (χ1) is 6.21. The molecule has 0 atom stereocenters. The maximum atomic E-state index is 11.7. The van der Waals surface area contributed by atoms with Gasteiger partial charge in [0.15, 0.2) is 0 Å². The minimum absolute atomic E-state index is 3.42. The van der Waals surface area contributed by atoms with Crippen molar-refractivity contribution in [3.63, 3.8) is 0 Å². The van der Waals surface area contributed by atoms with Crippen molar-refractivity contribution in [3.05, 3.63) is 0 Å². The van der Waals surface area contributed by atoms with Gasteiger partial charge in [0, 0.05) is 0 Å². The van der Waals surface area contributed by atoms with Gasteiger partial charge in [0.25, 0.3) is 5.60 Å². The van der Waals surface area contributed by atoms with Crippen LogP contribution in [0.2, 0.25) is 0 Å². The van der Waals surface area contributed by atoms with Gasteiger partial charge in [-0.3, -0.25) is 0 Å². The molecule has 0 aromatic rings. The van der Waals surface area contributed by atoms with Crippen molar-refractivity contribution in [1.82, 2.24) is 0 Å². The Kier molecular flexibility index (Phi) is 3.27. The molecule has 0 saturated carbocycles. The summed E-state index contributed by atoms with van der Waals surface area (Å²) in [7, 11) is 0. The van der Waals surface area contributed by atoms with Crippen molar-refractivity contribution in [3.8, 4) is 0 Å². The van der Waals surface area contributed by atoms with E-state index >= 15 is 0 Å². The second kappa shape index (κ2) is 3.42. The van der Waals surface area contributed by atoms with Gasteiger partial charge in [-0.2, -0.15) is 39.5 Å². The minimum Gasteiger partial charge on any atom is -0.373 e. The highest BCUT2D eigenvalue weighted by molar-refractivity contribution is 4.95. The molecule has 0 saturated heterocycles. The molecule has 0 fully saturated rings. The average molecular weight is 250 g/mol. The van der Waals surface area contributed by atoms with Gasteiger partial charge in [0.2, 0.25) is 0 Å². The van der Waals surface area contributed by atoms with Gasteiger partial charge >= 0.3 is 18.5 Å². The van der Waals surface area contributed by atoms with E-state index in [1.807, 2.05) is 0 Å². The van der Waals surface area contributed by atoms with E-state index in [1.165, 1.54) is 0 Å². The van der Waals surface area contributed by atoms with Crippen molar-refractivity contribution in [2.24, 2.45) is 0 Å². The lowest BCUT2D eigenvalue weighted by molar-refractivity contribution is -0.387. The molecule has 0 rings (SSSR count). The zero-order chi connectivity index (χ0) is 12.7. The Bertz CT molecular complexity index is 206. The SMILES string of the molecule is OC(CC(F)(F)F)(C(F)(F)F)C(F)(F)F. The van der Waals surface area contributed by atoms with E-state index in [0.717, 1.165) is 0 Å². The Morgan fingerprint density at radius 3 is 1.00 bits per heavy atom. The zero-order valence-electron chi connectivity index (χ0n) is 6.56. The Balaban J connectivity index is 5.26. The third kappa shape index (κ3) is 3.14. The number of rotatable bonds is 1. The summed E-state index contributed by atoms with van der Waals surface area (Å²) in [4.78, 5) is 0. The topological polar surface area (TPSA) is 20.2 Å². The molecule has 10 heteroatoms. The van der Waals surface area contributed by atoms with Crippen LogP contribution >= 0.6 is 0 Å². The standard InChI is InChI=1S/C5H3F9O/c6-3(7,8)1-2(15,4(9,10)11)5(12,13)14/h15H,1H2. The first-order valence-corrected chi connectivity index (χ1v) is 3.13. The fourth-order valence-corrected chi connectivity index (χ4v) is 0.651. The molecule has 92 valence electrons. The first kappa shape index (κ1) is 14.3. The fraction of sp³-hybridized carbons (Fsp3) is 1.00. The highest BCUT2D eigenvalue weighted by Crippen LogP contribution is 2.48. The molecule has 0 aliphatic heterocycles. The Hall–Kier alpha value is -0.670. The van der Waals surface area contributed by atoms with Crippen molar-refractivity contribution in [2.45, 2.75) is 30.6 Å². The number of alkyl halides is 9. The van der Waals surface area contributed by atoms with E-state index in [0.29, 0.717) is 0 Å². The van der Waals surface area contributed by atoms with Crippen molar-refractivity contribution >= 4 is 0 Å². The van der Waals surface area contributed by atoms with Crippen LogP contribution in [0, 0.1) is 0 Å². The summed E-state index contributed by atoms with van der Waals surface area (Å²) in [5, 5.41) is 8.05. The van der Waals surface area contributed by atoms with Crippen molar-refractivity contribution in [2.75, 3.05) is 0 Å². The minimum atomic E-state index is -6.44. The molecule has 1 nitrogen and oxygen atoms in total. The van der Waals surface area contributed by atoms with Gasteiger partial charge in [-0.05, 0) is 0 Å². The van der Waals surface area contributed by atoms with Gasteiger partial charge in [-0.1, -0.05) is 0 Å². The van der Waals surface area contributed by atoms with Gasteiger partial charge in [-0.25, -0.2) is 0 Å². The van der Waals surface area contributed by atoms with Crippen LogP contribution in [0.3, 0.4) is 0 Å². The van der Waals surface area contributed by atoms with Crippen LogP contribution < -0.4 is 0 Å². The molecule has 15 heavy (non-hydrogen) atoms. The van der Waals surface area contributed by atoms with Crippen LogP contribution in [-0.4, -0.2) is 29.2 Å². The van der Waals surface area contributed by atoms with E-state index in [2.05, 4.69) is 0 Å². The highest BCUT2D eigenvalue weighted by Gasteiger charge is 2.73. The van der Waals surface area contributed by atoms with E-state index < -0.39 is 30.6 Å². The van der Waals surface area contributed by atoms with Gasteiger partial charge in [-0.15, -0.1) is 0 Å². The van der Waals surface area contributed by atoms with Crippen molar-refractivity contribution in [1.29, 1.82) is 0 Å². The van der Waals surface area contributed by atoms with E-state index in [9.17, 15) is 39.5 Å². The Morgan fingerprint density at radius 1 is 0.667 bits per heavy atom.